The zero-order chi connectivity index (χ0) is 13.7. The van der Waals surface area contributed by atoms with Gasteiger partial charge < -0.3 is 10.6 Å². The van der Waals surface area contributed by atoms with Gasteiger partial charge in [-0.05, 0) is 56.5 Å². The second-order valence-electron chi connectivity index (χ2n) is 4.90. The lowest BCUT2D eigenvalue weighted by Gasteiger charge is -2.22. The van der Waals surface area contributed by atoms with Gasteiger partial charge in [-0.15, -0.1) is 12.4 Å². The number of nitrogens with one attached hydrogen (secondary N) is 2. The largest absolute Gasteiger partial charge is 0.324 e. The summed E-state index contributed by atoms with van der Waals surface area (Å²) in [5.41, 5.74) is 0.240. The quantitative estimate of drug-likeness (QED) is 0.853. The minimum absolute atomic E-state index is 0. The lowest BCUT2D eigenvalue weighted by atomic mass is 9.93. The Balaban J connectivity index is 0.00000200. The van der Waals surface area contributed by atoms with Crippen molar-refractivity contribution in [1.29, 1.82) is 0 Å². The highest BCUT2D eigenvalue weighted by molar-refractivity contribution is 9.10. The molecular formula is C14H19BrClFN2O. The van der Waals surface area contributed by atoms with E-state index in [0.29, 0.717) is 12.3 Å². The summed E-state index contributed by atoms with van der Waals surface area (Å²) in [7, 11) is 0. The van der Waals surface area contributed by atoms with Gasteiger partial charge in [-0.1, -0.05) is 15.9 Å². The molecule has 0 unspecified atom stereocenters. The molecule has 0 bridgehead atoms. The van der Waals surface area contributed by atoms with Crippen LogP contribution in [0.4, 0.5) is 10.1 Å². The number of hydrogen-bond donors (Lipinski definition) is 2. The maximum absolute atomic E-state index is 13.5. The maximum atomic E-state index is 13.5. The molecule has 1 saturated heterocycles. The smallest absolute Gasteiger partial charge is 0.224 e. The van der Waals surface area contributed by atoms with E-state index in [1.807, 2.05) is 0 Å². The average molecular weight is 366 g/mol. The van der Waals surface area contributed by atoms with Crippen molar-refractivity contribution in [3.05, 3.63) is 28.5 Å². The number of carbonyl (C=O) groups is 1. The van der Waals surface area contributed by atoms with Crippen LogP contribution in [0, 0.1) is 11.7 Å². The molecule has 0 aromatic heterocycles. The van der Waals surface area contributed by atoms with Crippen LogP contribution in [0.1, 0.15) is 25.7 Å². The van der Waals surface area contributed by atoms with Crippen molar-refractivity contribution in [2.24, 2.45) is 5.92 Å². The molecule has 3 nitrogen and oxygen atoms in total. The van der Waals surface area contributed by atoms with Crippen LogP contribution in [0.2, 0.25) is 0 Å². The molecule has 1 aliphatic rings. The maximum Gasteiger partial charge on any atom is 0.224 e. The van der Waals surface area contributed by atoms with E-state index in [-0.39, 0.29) is 24.0 Å². The normalized spacial score (nSPS) is 15.5. The number of benzene rings is 1. The molecule has 1 aromatic rings. The lowest BCUT2D eigenvalue weighted by Crippen LogP contribution is -2.28. The van der Waals surface area contributed by atoms with Gasteiger partial charge >= 0.3 is 0 Å². The summed E-state index contributed by atoms with van der Waals surface area (Å²) in [5, 5.41) is 5.93. The molecule has 1 fully saturated rings. The summed E-state index contributed by atoms with van der Waals surface area (Å²) in [6, 6.07) is 4.53. The fourth-order valence-electron chi connectivity index (χ4n) is 2.31. The fourth-order valence-corrected chi connectivity index (χ4v) is 2.67. The second kappa shape index (κ2) is 8.60. The molecule has 1 amide bonds. The summed E-state index contributed by atoms with van der Waals surface area (Å²) >= 11 is 3.26. The molecule has 1 aliphatic heterocycles. The van der Waals surface area contributed by atoms with Gasteiger partial charge in [-0.2, -0.15) is 0 Å². The van der Waals surface area contributed by atoms with Crippen molar-refractivity contribution in [1.82, 2.24) is 5.32 Å². The molecule has 0 radical (unpaired) electrons. The first-order valence-corrected chi connectivity index (χ1v) is 7.40. The third kappa shape index (κ3) is 5.38. The molecule has 0 spiro atoms. The van der Waals surface area contributed by atoms with E-state index in [0.717, 1.165) is 36.8 Å². The van der Waals surface area contributed by atoms with Crippen molar-refractivity contribution < 1.29 is 9.18 Å². The van der Waals surface area contributed by atoms with Crippen LogP contribution in [0.5, 0.6) is 0 Å². The predicted molar refractivity (Wildman–Crippen MR) is 84.8 cm³/mol. The fraction of sp³-hybridized carbons (Fsp3) is 0.500. The van der Waals surface area contributed by atoms with Crippen LogP contribution in [-0.2, 0) is 4.79 Å². The Morgan fingerprint density at radius 3 is 2.80 bits per heavy atom. The molecule has 112 valence electrons. The first-order chi connectivity index (χ1) is 9.15. The summed E-state index contributed by atoms with van der Waals surface area (Å²) in [6.07, 6.45) is 3.58. The topological polar surface area (TPSA) is 41.1 Å². The van der Waals surface area contributed by atoms with Crippen LogP contribution in [0.3, 0.4) is 0 Å². The van der Waals surface area contributed by atoms with Gasteiger partial charge in [-0.25, -0.2) is 4.39 Å². The molecule has 2 rings (SSSR count). The van der Waals surface area contributed by atoms with E-state index < -0.39 is 5.82 Å². The first kappa shape index (κ1) is 17.4. The Morgan fingerprint density at radius 1 is 1.40 bits per heavy atom. The zero-order valence-electron chi connectivity index (χ0n) is 11.1. The van der Waals surface area contributed by atoms with E-state index in [9.17, 15) is 9.18 Å². The second-order valence-corrected chi connectivity index (χ2v) is 5.82. The highest BCUT2D eigenvalue weighted by atomic mass is 79.9. The average Bonchev–Trinajstić information content (AvgIpc) is 2.42. The van der Waals surface area contributed by atoms with Crippen LogP contribution in [0.15, 0.2) is 22.7 Å². The van der Waals surface area contributed by atoms with Crippen LogP contribution < -0.4 is 10.6 Å². The number of halogens is 3. The Bertz CT molecular complexity index is 453. The summed E-state index contributed by atoms with van der Waals surface area (Å²) in [6.45, 7) is 2.07. The standard InChI is InChI=1S/C14H18BrFN2O.ClH/c15-11-2-3-12(16)13(9-11)18-14(19)4-1-10-5-7-17-8-6-10;/h2-3,9-10,17H,1,4-8H2,(H,18,19);1H. The van der Waals surface area contributed by atoms with E-state index in [1.54, 1.807) is 12.1 Å². The van der Waals surface area contributed by atoms with Crippen molar-refractivity contribution in [2.75, 3.05) is 18.4 Å². The molecule has 6 heteroatoms. The highest BCUT2D eigenvalue weighted by Crippen LogP contribution is 2.21. The number of anilines is 1. The van der Waals surface area contributed by atoms with E-state index in [2.05, 4.69) is 26.6 Å². The third-order valence-corrected chi connectivity index (χ3v) is 3.93. The Labute approximate surface area is 133 Å². The number of amides is 1. The number of piperidine rings is 1. The van der Waals surface area contributed by atoms with Crippen LogP contribution >= 0.6 is 28.3 Å². The van der Waals surface area contributed by atoms with E-state index in [4.69, 9.17) is 0 Å². The summed E-state index contributed by atoms with van der Waals surface area (Å²) in [5.74, 6) is 0.0910. The molecule has 0 aliphatic carbocycles. The molecular weight excluding hydrogens is 347 g/mol. The predicted octanol–water partition coefficient (Wildman–Crippen LogP) is 3.73. The van der Waals surface area contributed by atoms with Gasteiger partial charge in [0, 0.05) is 10.9 Å². The third-order valence-electron chi connectivity index (χ3n) is 3.44. The van der Waals surface area contributed by atoms with Gasteiger partial charge in [0.25, 0.3) is 0 Å². The lowest BCUT2D eigenvalue weighted by molar-refractivity contribution is -0.116. The first-order valence-electron chi connectivity index (χ1n) is 6.61. The summed E-state index contributed by atoms with van der Waals surface area (Å²) in [4.78, 5) is 11.8. The van der Waals surface area contributed by atoms with Crippen molar-refractivity contribution in [3.8, 4) is 0 Å². The molecule has 0 saturated carbocycles. The Kier molecular flexibility index (Phi) is 7.48. The molecule has 1 aromatic carbocycles. The molecule has 2 N–H and O–H groups in total. The zero-order valence-corrected chi connectivity index (χ0v) is 13.5. The van der Waals surface area contributed by atoms with Gasteiger partial charge in [0.15, 0.2) is 0 Å². The van der Waals surface area contributed by atoms with Gasteiger partial charge in [0.1, 0.15) is 5.82 Å². The molecule has 0 atom stereocenters. The number of carbonyl (C=O) groups excluding carboxylic acids is 1. The van der Waals surface area contributed by atoms with Crippen LogP contribution in [-0.4, -0.2) is 19.0 Å². The SMILES string of the molecule is Cl.O=C(CCC1CCNCC1)Nc1cc(Br)ccc1F. The van der Waals surface area contributed by atoms with Gasteiger partial charge in [0.2, 0.25) is 5.91 Å². The molecule has 1 heterocycles. The summed E-state index contributed by atoms with van der Waals surface area (Å²) < 4.78 is 14.2. The minimum Gasteiger partial charge on any atom is -0.324 e. The number of hydrogen-bond acceptors (Lipinski definition) is 2. The van der Waals surface area contributed by atoms with Gasteiger partial charge in [-0.3, -0.25) is 4.79 Å². The van der Waals surface area contributed by atoms with Crippen molar-refractivity contribution in [3.63, 3.8) is 0 Å². The van der Waals surface area contributed by atoms with E-state index in [1.165, 1.54) is 6.07 Å². The van der Waals surface area contributed by atoms with Crippen molar-refractivity contribution >= 4 is 39.9 Å². The van der Waals surface area contributed by atoms with E-state index >= 15 is 0 Å². The monoisotopic (exact) mass is 364 g/mol. The molecule has 20 heavy (non-hydrogen) atoms. The minimum atomic E-state index is -0.404. The van der Waals surface area contributed by atoms with Crippen molar-refractivity contribution in [2.45, 2.75) is 25.7 Å². The van der Waals surface area contributed by atoms with Gasteiger partial charge in [0.05, 0.1) is 5.69 Å². The highest BCUT2D eigenvalue weighted by Gasteiger charge is 2.15. The Morgan fingerprint density at radius 2 is 2.10 bits per heavy atom. The van der Waals surface area contributed by atoms with Crippen LogP contribution in [0.25, 0.3) is 0 Å². The number of rotatable bonds is 4. The Hall–Kier alpha value is -0.650.